The van der Waals surface area contributed by atoms with Crippen LogP contribution < -0.4 is 5.56 Å². The van der Waals surface area contributed by atoms with E-state index in [-0.39, 0.29) is 35.7 Å². The zero-order chi connectivity index (χ0) is 23.4. The van der Waals surface area contributed by atoms with Gasteiger partial charge in [0.1, 0.15) is 5.69 Å². The fourth-order valence-electron chi connectivity index (χ4n) is 4.53. The van der Waals surface area contributed by atoms with Crippen LogP contribution in [0.5, 0.6) is 0 Å². The van der Waals surface area contributed by atoms with Crippen molar-refractivity contribution in [3.63, 3.8) is 0 Å². The molecule has 0 saturated carbocycles. The third-order valence-corrected chi connectivity index (χ3v) is 6.25. The van der Waals surface area contributed by atoms with E-state index in [1.54, 1.807) is 13.1 Å². The molecule has 1 unspecified atom stereocenters. The molecule has 1 aliphatic rings. The number of para-hydroxylation sites is 1. The number of fused-ring (bicyclic) bond motifs is 4. The van der Waals surface area contributed by atoms with Crippen molar-refractivity contribution in [3.8, 4) is 0 Å². The van der Waals surface area contributed by atoms with Gasteiger partial charge in [0.15, 0.2) is 11.6 Å². The van der Waals surface area contributed by atoms with Gasteiger partial charge in [0.2, 0.25) is 5.91 Å². The van der Waals surface area contributed by atoms with E-state index in [0.29, 0.717) is 17.0 Å². The molecule has 168 valence electrons. The molecule has 0 spiro atoms. The molecule has 2 N–H and O–H groups in total. The predicted molar refractivity (Wildman–Crippen MR) is 119 cm³/mol. The lowest BCUT2D eigenvalue weighted by molar-refractivity contribution is -0.130. The summed E-state index contributed by atoms with van der Waals surface area (Å²) in [6.45, 7) is 1.64. The van der Waals surface area contributed by atoms with Gasteiger partial charge >= 0.3 is 0 Å². The number of carbonyl (C=O) groups excluding carboxylic acids is 2. The lowest BCUT2D eigenvalue weighted by atomic mass is 9.92. The van der Waals surface area contributed by atoms with Crippen molar-refractivity contribution in [1.29, 1.82) is 0 Å². The highest BCUT2D eigenvalue weighted by atomic mass is 19.2. The van der Waals surface area contributed by atoms with Gasteiger partial charge in [0, 0.05) is 42.7 Å². The third kappa shape index (κ3) is 3.36. The van der Waals surface area contributed by atoms with Gasteiger partial charge in [-0.25, -0.2) is 8.78 Å². The second-order valence-electron chi connectivity index (χ2n) is 8.26. The average molecular weight is 450 g/mol. The molecule has 2 aromatic carbocycles. The Bertz CT molecular complexity index is 1470. The van der Waals surface area contributed by atoms with E-state index in [4.69, 9.17) is 0 Å². The van der Waals surface area contributed by atoms with Gasteiger partial charge in [-0.1, -0.05) is 18.2 Å². The second-order valence-corrected chi connectivity index (χ2v) is 8.26. The third-order valence-electron chi connectivity index (χ3n) is 6.25. The van der Waals surface area contributed by atoms with Crippen LogP contribution in [0.1, 0.15) is 34.7 Å². The maximum atomic E-state index is 14.2. The molecule has 4 aromatic rings. The first-order valence-corrected chi connectivity index (χ1v) is 10.4. The van der Waals surface area contributed by atoms with E-state index in [2.05, 4.69) is 9.97 Å². The number of hydrogen-bond acceptors (Lipinski definition) is 3. The number of carbonyl (C=O) groups is 2. The molecule has 0 fully saturated rings. The van der Waals surface area contributed by atoms with E-state index in [1.165, 1.54) is 16.7 Å². The molecule has 0 bridgehead atoms. The largest absolute Gasteiger partial charge is 0.351 e. The topological polar surface area (TPSA) is 89.3 Å². The Morgan fingerprint density at radius 1 is 1.06 bits per heavy atom. The van der Waals surface area contributed by atoms with Gasteiger partial charge in [0.25, 0.3) is 11.5 Å². The summed E-state index contributed by atoms with van der Waals surface area (Å²) in [5.41, 5.74) is 1.45. The normalized spacial score (nSPS) is 15.6. The molecule has 2 aromatic heterocycles. The van der Waals surface area contributed by atoms with Crippen molar-refractivity contribution >= 4 is 33.5 Å². The first-order valence-electron chi connectivity index (χ1n) is 10.4. The fraction of sp³-hybridized carbons (Fsp3) is 0.208. The first kappa shape index (κ1) is 20.9. The summed E-state index contributed by atoms with van der Waals surface area (Å²) < 4.78 is 28.1. The molecular weight excluding hydrogens is 430 g/mol. The Kier molecular flexibility index (Phi) is 4.77. The number of aromatic nitrogens is 2. The van der Waals surface area contributed by atoms with Crippen LogP contribution in [-0.2, 0) is 11.3 Å². The summed E-state index contributed by atoms with van der Waals surface area (Å²) in [5.74, 6) is -2.79. The number of likely N-dealkylation sites (N-methyl/N-ethyl adjacent to an activating group) is 1. The summed E-state index contributed by atoms with van der Waals surface area (Å²) in [4.78, 5) is 47.0. The minimum atomic E-state index is -1.13. The van der Waals surface area contributed by atoms with Gasteiger partial charge in [-0.15, -0.1) is 0 Å². The Morgan fingerprint density at radius 2 is 1.76 bits per heavy atom. The van der Waals surface area contributed by atoms with Crippen molar-refractivity contribution in [1.82, 2.24) is 19.8 Å². The molecule has 33 heavy (non-hydrogen) atoms. The number of H-pyrrole nitrogens is 2. The summed E-state index contributed by atoms with van der Waals surface area (Å²) in [5, 5.41) is 1.08. The van der Waals surface area contributed by atoms with E-state index in [9.17, 15) is 23.2 Å². The summed E-state index contributed by atoms with van der Waals surface area (Å²) >= 11 is 0. The number of halogens is 2. The number of aromatic amines is 2. The second kappa shape index (κ2) is 7.54. The van der Waals surface area contributed by atoms with E-state index in [1.807, 2.05) is 24.3 Å². The highest BCUT2D eigenvalue weighted by Crippen LogP contribution is 2.35. The van der Waals surface area contributed by atoms with Crippen LogP contribution in [0.15, 0.2) is 47.3 Å². The monoisotopic (exact) mass is 450 g/mol. The Morgan fingerprint density at radius 3 is 2.45 bits per heavy atom. The van der Waals surface area contributed by atoms with E-state index < -0.39 is 23.2 Å². The highest BCUT2D eigenvalue weighted by molar-refractivity contribution is 5.98. The van der Waals surface area contributed by atoms with Crippen LogP contribution in [0.2, 0.25) is 0 Å². The summed E-state index contributed by atoms with van der Waals surface area (Å²) in [7, 11) is 1.59. The SMILES string of the molecule is CC(=O)N1Cc2[nH]c(=O)c3cc(F)c(F)cc3c2C(N(C)C(=O)c2cc3ccccc3[nH]2)C1. The number of amides is 2. The van der Waals surface area contributed by atoms with Crippen molar-refractivity contribution in [2.24, 2.45) is 0 Å². The Labute approximate surface area is 186 Å². The fourth-order valence-corrected chi connectivity index (χ4v) is 4.53. The van der Waals surface area contributed by atoms with Gasteiger partial charge in [-0.3, -0.25) is 14.4 Å². The lowest BCUT2D eigenvalue weighted by Gasteiger charge is -2.39. The lowest BCUT2D eigenvalue weighted by Crippen LogP contribution is -2.45. The van der Waals surface area contributed by atoms with E-state index in [0.717, 1.165) is 23.0 Å². The summed E-state index contributed by atoms with van der Waals surface area (Å²) in [6.07, 6.45) is 0. The zero-order valence-corrected chi connectivity index (χ0v) is 17.9. The van der Waals surface area contributed by atoms with Gasteiger partial charge in [0.05, 0.1) is 18.0 Å². The minimum absolute atomic E-state index is 0.0135. The molecule has 9 heteroatoms. The number of hydrogen-bond donors (Lipinski definition) is 2. The Balaban J connectivity index is 1.67. The first-order chi connectivity index (χ1) is 15.7. The molecule has 0 saturated heterocycles. The van der Waals surface area contributed by atoms with Gasteiger partial charge in [-0.05, 0) is 29.7 Å². The van der Waals surface area contributed by atoms with Crippen LogP contribution in [-0.4, -0.2) is 45.2 Å². The number of nitrogens with one attached hydrogen (secondary N) is 2. The van der Waals surface area contributed by atoms with Crippen molar-refractivity contribution in [2.45, 2.75) is 19.5 Å². The minimum Gasteiger partial charge on any atom is -0.351 e. The number of benzene rings is 2. The van der Waals surface area contributed by atoms with E-state index >= 15 is 0 Å². The zero-order valence-electron chi connectivity index (χ0n) is 17.9. The number of pyridine rings is 1. The van der Waals surface area contributed by atoms with Crippen molar-refractivity contribution < 1.29 is 18.4 Å². The molecule has 1 atom stereocenters. The average Bonchev–Trinajstić information content (AvgIpc) is 3.23. The van der Waals surface area contributed by atoms with Crippen LogP contribution in [0.25, 0.3) is 21.7 Å². The van der Waals surface area contributed by atoms with Crippen LogP contribution >= 0.6 is 0 Å². The molecular formula is C24H20F2N4O3. The molecule has 3 heterocycles. The summed E-state index contributed by atoms with van der Waals surface area (Å²) in [6, 6.07) is 10.3. The maximum Gasteiger partial charge on any atom is 0.270 e. The molecule has 0 aliphatic carbocycles. The van der Waals surface area contributed by atoms with Gasteiger partial charge < -0.3 is 19.8 Å². The predicted octanol–water partition coefficient (Wildman–Crippen LogP) is 3.46. The molecule has 1 aliphatic heterocycles. The maximum absolute atomic E-state index is 14.2. The smallest absolute Gasteiger partial charge is 0.270 e. The van der Waals surface area contributed by atoms with Crippen LogP contribution in [0.4, 0.5) is 8.78 Å². The van der Waals surface area contributed by atoms with Crippen LogP contribution in [0.3, 0.4) is 0 Å². The van der Waals surface area contributed by atoms with Crippen molar-refractivity contribution in [2.75, 3.05) is 13.6 Å². The number of rotatable bonds is 2. The molecule has 2 amide bonds. The van der Waals surface area contributed by atoms with Crippen molar-refractivity contribution in [3.05, 3.63) is 81.4 Å². The Hall–Kier alpha value is -4.01. The molecule has 7 nitrogen and oxygen atoms in total. The van der Waals surface area contributed by atoms with Crippen LogP contribution in [0, 0.1) is 11.6 Å². The highest BCUT2D eigenvalue weighted by Gasteiger charge is 2.35. The van der Waals surface area contributed by atoms with Gasteiger partial charge in [-0.2, -0.15) is 0 Å². The number of nitrogens with zero attached hydrogens (tertiary/aromatic N) is 2. The quantitative estimate of drug-likeness (QED) is 0.490. The molecule has 0 radical (unpaired) electrons. The molecule has 5 rings (SSSR count). The standard InChI is InChI=1S/C24H20F2N4O3/c1-12(31)30-10-20-22(14-8-16(25)17(26)9-15(14)23(32)28-20)21(11-30)29(2)24(33)19-7-13-5-3-4-6-18(13)27-19/h3-9,21,27H,10-11H2,1-2H3,(H,28,32).